The van der Waals surface area contributed by atoms with Gasteiger partial charge in [0.25, 0.3) is 0 Å². The van der Waals surface area contributed by atoms with Crippen LogP contribution in [0.2, 0.25) is 0 Å². The van der Waals surface area contributed by atoms with Gasteiger partial charge in [-0.1, -0.05) is 13.0 Å². The van der Waals surface area contributed by atoms with Crippen molar-refractivity contribution in [2.75, 3.05) is 19.6 Å². The first-order valence-electron chi connectivity index (χ1n) is 7.03. The molecule has 0 radical (unpaired) electrons. The molecule has 1 saturated heterocycles. The largest absolute Gasteiger partial charge is 0.313 e. The number of nitrogens with one attached hydrogen (secondary N) is 1. The summed E-state index contributed by atoms with van der Waals surface area (Å²) in [6.45, 7) is 3.78. The van der Waals surface area contributed by atoms with E-state index < -0.39 is 15.8 Å². The van der Waals surface area contributed by atoms with Gasteiger partial charge in [-0.2, -0.15) is 4.31 Å². The molecule has 112 valence electrons. The highest BCUT2D eigenvalue weighted by Gasteiger charge is 2.27. The summed E-state index contributed by atoms with van der Waals surface area (Å²) in [6, 6.07) is 5.41. The average Bonchev–Trinajstić information content (AvgIpc) is 2.91. The molecule has 1 fully saturated rings. The molecule has 20 heavy (non-hydrogen) atoms. The number of hydrogen-bond donors (Lipinski definition) is 1. The minimum Gasteiger partial charge on any atom is -0.313 e. The van der Waals surface area contributed by atoms with Crippen molar-refractivity contribution in [3.05, 3.63) is 30.1 Å². The van der Waals surface area contributed by atoms with Crippen molar-refractivity contribution in [1.29, 1.82) is 0 Å². The Morgan fingerprint density at radius 2 is 2.25 bits per heavy atom. The van der Waals surface area contributed by atoms with Crippen molar-refractivity contribution in [3.63, 3.8) is 0 Å². The first-order valence-corrected chi connectivity index (χ1v) is 8.47. The number of nitrogens with zero attached hydrogens (tertiary/aromatic N) is 1. The van der Waals surface area contributed by atoms with Crippen LogP contribution in [0.4, 0.5) is 4.39 Å². The standard InChI is InChI=1S/C14H21FN2O2S/c1-2-9-17(11-13-6-4-8-16-13)20(18,19)14-7-3-5-12(15)10-14/h3,5,7,10,13,16H,2,4,6,8-9,11H2,1H3. The molecule has 0 aliphatic carbocycles. The Balaban J connectivity index is 2.21. The summed E-state index contributed by atoms with van der Waals surface area (Å²) >= 11 is 0. The molecule has 6 heteroatoms. The average molecular weight is 300 g/mol. The fourth-order valence-corrected chi connectivity index (χ4v) is 4.10. The molecular formula is C14H21FN2O2S. The van der Waals surface area contributed by atoms with E-state index in [0.29, 0.717) is 13.1 Å². The van der Waals surface area contributed by atoms with Gasteiger partial charge in [-0.15, -0.1) is 0 Å². The van der Waals surface area contributed by atoms with Crippen molar-refractivity contribution in [2.24, 2.45) is 0 Å². The van der Waals surface area contributed by atoms with Gasteiger partial charge in [-0.05, 0) is 44.0 Å². The molecule has 0 bridgehead atoms. The second kappa shape index (κ2) is 6.65. The molecule has 0 aromatic heterocycles. The van der Waals surface area contributed by atoms with Crippen molar-refractivity contribution in [3.8, 4) is 0 Å². The maximum absolute atomic E-state index is 13.3. The summed E-state index contributed by atoms with van der Waals surface area (Å²) in [5.41, 5.74) is 0. The SMILES string of the molecule is CCCN(CC1CCCN1)S(=O)(=O)c1cccc(F)c1. The fraction of sp³-hybridized carbons (Fsp3) is 0.571. The van der Waals surface area contributed by atoms with E-state index in [2.05, 4.69) is 5.32 Å². The molecule has 1 aliphatic rings. The summed E-state index contributed by atoms with van der Waals surface area (Å²) < 4.78 is 39.9. The molecule has 1 unspecified atom stereocenters. The van der Waals surface area contributed by atoms with Crippen molar-refractivity contribution < 1.29 is 12.8 Å². The summed E-state index contributed by atoms with van der Waals surface area (Å²) in [4.78, 5) is 0.0314. The smallest absolute Gasteiger partial charge is 0.243 e. The van der Waals surface area contributed by atoms with Crippen LogP contribution in [-0.2, 0) is 10.0 Å². The van der Waals surface area contributed by atoms with Gasteiger partial charge in [0.1, 0.15) is 5.82 Å². The zero-order chi connectivity index (χ0) is 14.6. The van der Waals surface area contributed by atoms with Crippen LogP contribution in [0.15, 0.2) is 29.2 Å². The quantitative estimate of drug-likeness (QED) is 0.874. The monoisotopic (exact) mass is 300 g/mol. The van der Waals surface area contributed by atoms with Gasteiger partial charge < -0.3 is 5.32 Å². The molecule has 1 N–H and O–H groups in total. The number of hydrogen-bond acceptors (Lipinski definition) is 3. The van der Waals surface area contributed by atoms with Crippen LogP contribution in [0, 0.1) is 5.82 Å². The van der Waals surface area contributed by atoms with Crippen LogP contribution in [-0.4, -0.2) is 38.4 Å². The second-order valence-corrected chi connectivity index (χ2v) is 7.05. The third-order valence-electron chi connectivity index (χ3n) is 3.49. The molecule has 0 spiro atoms. The summed E-state index contributed by atoms with van der Waals surface area (Å²) in [5, 5.41) is 3.30. The highest BCUT2D eigenvalue weighted by Crippen LogP contribution is 2.19. The Hall–Kier alpha value is -0.980. The maximum atomic E-state index is 13.3. The second-order valence-electron chi connectivity index (χ2n) is 5.11. The Morgan fingerprint density at radius 3 is 2.85 bits per heavy atom. The Bertz CT molecular complexity index is 542. The summed E-state index contributed by atoms with van der Waals surface area (Å²) in [6.07, 6.45) is 2.80. The Kier molecular flexibility index (Phi) is 5.12. The van der Waals surface area contributed by atoms with E-state index >= 15 is 0 Å². The van der Waals surface area contributed by atoms with Gasteiger partial charge in [0.05, 0.1) is 4.90 Å². The van der Waals surface area contributed by atoms with E-state index in [4.69, 9.17) is 0 Å². The molecule has 1 aromatic carbocycles. The van der Waals surface area contributed by atoms with Gasteiger partial charge >= 0.3 is 0 Å². The van der Waals surface area contributed by atoms with Gasteiger partial charge in [0.2, 0.25) is 10.0 Å². The van der Waals surface area contributed by atoms with E-state index in [1.54, 1.807) is 0 Å². The number of rotatable bonds is 6. The van der Waals surface area contributed by atoms with Gasteiger partial charge in [-0.3, -0.25) is 0 Å². The van der Waals surface area contributed by atoms with Crippen LogP contribution in [0.3, 0.4) is 0 Å². The number of halogens is 1. The van der Waals surface area contributed by atoms with Crippen molar-refractivity contribution in [1.82, 2.24) is 9.62 Å². The molecule has 1 heterocycles. The molecule has 0 amide bonds. The Morgan fingerprint density at radius 1 is 1.45 bits per heavy atom. The molecule has 1 aliphatic heterocycles. The third-order valence-corrected chi connectivity index (χ3v) is 5.35. The van der Waals surface area contributed by atoms with E-state index in [0.717, 1.165) is 31.9 Å². The number of benzene rings is 1. The van der Waals surface area contributed by atoms with Gasteiger partial charge in [-0.25, -0.2) is 12.8 Å². The lowest BCUT2D eigenvalue weighted by Crippen LogP contribution is -2.41. The zero-order valence-electron chi connectivity index (χ0n) is 11.7. The molecular weight excluding hydrogens is 279 g/mol. The lowest BCUT2D eigenvalue weighted by atomic mass is 10.2. The van der Waals surface area contributed by atoms with Gasteiger partial charge in [0, 0.05) is 19.1 Å². The van der Waals surface area contributed by atoms with E-state index in [-0.39, 0.29) is 10.9 Å². The first kappa shape index (κ1) is 15.4. The topological polar surface area (TPSA) is 49.4 Å². The highest BCUT2D eigenvalue weighted by atomic mass is 32.2. The van der Waals surface area contributed by atoms with E-state index in [1.165, 1.54) is 22.5 Å². The maximum Gasteiger partial charge on any atom is 0.243 e. The lowest BCUT2D eigenvalue weighted by Gasteiger charge is -2.24. The number of sulfonamides is 1. The van der Waals surface area contributed by atoms with E-state index in [9.17, 15) is 12.8 Å². The first-order chi connectivity index (χ1) is 9.54. The van der Waals surface area contributed by atoms with Crippen LogP contribution >= 0.6 is 0 Å². The van der Waals surface area contributed by atoms with Crippen molar-refractivity contribution in [2.45, 2.75) is 37.1 Å². The molecule has 0 saturated carbocycles. The summed E-state index contributed by atoms with van der Waals surface area (Å²) in [5.74, 6) is -0.526. The normalized spacial score (nSPS) is 19.6. The summed E-state index contributed by atoms with van der Waals surface area (Å²) in [7, 11) is -3.62. The lowest BCUT2D eigenvalue weighted by molar-refractivity contribution is 0.369. The third kappa shape index (κ3) is 3.56. The predicted molar refractivity (Wildman–Crippen MR) is 76.5 cm³/mol. The van der Waals surface area contributed by atoms with Crippen LogP contribution in [0.5, 0.6) is 0 Å². The molecule has 2 rings (SSSR count). The molecule has 1 atom stereocenters. The van der Waals surface area contributed by atoms with Crippen LogP contribution in [0.25, 0.3) is 0 Å². The Labute approximate surface area is 120 Å². The zero-order valence-corrected chi connectivity index (χ0v) is 12.5. The fourth-order valence-electron chi connectivity index (χ4n) is 2.49. The molecule has 4 nitrogen and oxygen atoms in total. The minimum atomic E-state index is -3.62. The van der Waals surface area contributed by atoms with Crippen LogP contribution in [0.1, 0.15) is 26.2 Å². The minimum absolute atomic E-state index is 0.0314. The predicted octanol–water partition coefficient (Wildman–Crippen LogP) is 1.98. The van der Waals surface area contributed by atoms with Crippen LogP contribution < -0.4 is 5.32 Å². The van der Waals surface area contributed by atoms with Gasteiger partial charge in [0.15, 0.2) is 0 Å². The van der Waals surface area contributed by atoms with Crippen molar-refractivity contribution >= 4 is 10.0 Å². The highest BCUT2D eigenvalue weighted by molar-refractivity contribution is 7.89. The molecule has 1 aromatic rings. The van der Waals surface area contributed by atoms with E-state index in [1.807, 2.05) is 6.92 Å².